The summed E-state index contributed by atoms with van der Waals surface area (Å²) in [5, 5.41) is 0. The molecule has 2 heterocycles. The van der Waals surface area contributed by atoms with E-state index in [0.29, 0.717) is 5.95 Å². The fourth-order valence-corrected chi connectivity index (χ4v) is 2.13. The Morgan fingerprint density at radius 3 is 2.57 bits per heavy atom. The average Bonchev–Trinajstić information content (AvgIpc) is 2.63. The number of halogens is 1. The van der Waals surface area contributed by atoms with Crippen molar-refractivity contribution >= 4 is 27.7 Å². The average molecular weight is 257 g/mol. The standard InChI is InChI=1S/C9H13BrN4/c1-6-7(10)8(13-9(11)12-6)14-4-2-3-5-14/h2-5H2,1H3,(H2,11,12,13). The van der Waals surface area contributed by atoms with Crippen molar-refractivity contribution in [3.8, 4) is 0 Å². The maximum absolute atomic E-state index is 5.63. The predicted octanol–water partition coefficient (Wildman–Crippen LogP) is 1.73. The van der Waals surface area contributed by atoms with Gasteiger partial charge in [0.2, 0.25) is 5.95 Å². The van der Waals surface area contributed by atoms with E-state index < -0.39 is 0 Å². The summed E-state index contributed by atoms with van der Waals surface area (Å²) in [5.74, 6) is 1.29. The second-order valence-electron chi connectivity index (χ2n) is 3.50. The Hall–Kier alpha value is -0.840. The molecule has 1 saturated heterocycles. The topological polar surface area (TPSA) is 55.0 Å². The van der Waals surface area contributed by atoms with Crippen molar-refractivity contribution in [2.45, 2.75) is 19.8 Å². The minimum atomic E-state index is 0.354. The van der Waals surface area contributed by atoms with Gasteiger partial charge in [0.25, 0.3) is 0 Å². The second-order valence-corrected chi connectivity index (χ2v) is 4.29. The molecule has 76 valence electrons. The quantitative estimate of drug-likeness (QED) is 0.832. The van der Waals surface area contributed by atoms with Crippen molar-refractivity contribution in [2.75, 3.05) is 23.7 Å². The first kappa shape index (κ1) is 9.71. The molecule has 1 aromatic rings. The number of nitrogen functional groups attached to an aromatic ring is 1. The molecule has 0 aromatic carbocycles. The van der Waals surface area contributed by atoms with Crippen LogP contribution in [-0.4, -0.2) is 23.1 Å². The third-order valence-corrected chi connectivity index (χ3v) is 3.35. The molecule has 1 aliphatic rings. The molecule has 2 rings (SSSR count). The van der Waals surface area contributed by atoms with Gasteiger partial charge >= 0.3 is 0 Å². The fourth-order valence-electron chi connectivity index (χ4n) is 1.70. The van der Waals surface area contributed by atoms with Crippen LogP contribution in [0.3, 0.4) is 0 Å². The number of nitrogens with zero attached hydrogens (tertiary/aromatic N) is 3. The summed E-state index contributed by atoms with van der Waals surface area (Å²) in [6.45, 7) is 4.06. The molecule has 0 saturated carbocycles. The number of rotatable bonds is 1. The molecular weight excluding hydrogens is 244 g/mol. The van der Waals surface area contributed by atoms with E-state index in [9.17, 15) is 0 Å². The monoisotopic (exact) mass is 256 g/mol. The Balaban J connectivity index is 2.40. The number of aromatic nitrogens is 2. The molecular formula is C9H13BrN4. The minimum absolute atomic E-state index is 0.354. The van der Waals surface area contributed by atoms with Crippen molar-refractivity contribution in [3.05, 3.63) is 10.2 Å². The lowest BCUT2D eigenvalue weighted by Gasteiger charge is -2.18. The molecule has 2 N–H and O–H groups in total. The highest BCUT2D eigenvalue weighted by Crippen LogP contribution is 2.29. The molecule has 0 spiro atoms. The summed E-state index contributed by atoms with van der Waals surface area (Å²) < 4.78 is 0.966. The van der Waals surface area contributed by atoms with Gasteiger partial charge in [0.05, 0.1) is 10.2 Å². The Kier molecular flexibility index (Phi) is 2.58. The minimum Gasteiger partial charge on any atom is -0.368 e. The third-order valence-electron chi connectivity index (χ3n) is 2.42. The van der Waals surface area contributed by atoms with Crippen molar-refractivity contribution < 1.29 is 0 Å². The van der Waals surface area contributed by atoms with Gasteiger partial charge in [-0.05, 0) is 35.7 Å². The zero-order valence-electron chi connectivity index (χ0n) is 8.13. The van der Waals surface area contributed by atoms with Crippen molar-refractivity contribution in [3.63, 3.8) is 0 Å². The van der Waals surface area contributed by atoms with Crippen LogP contribution in [0.1, 0.15) is 18.5 Å². The Bertz CT molecular complexity index is 347. The van der Waals surface area contributed by atoms with Gasteiger partial charge < -0.3 is 10.6 Å². The van der Waals surface area contributed by atoms with Crippen LogP contribution in [0.5, 0.6) is 0 Å². The van der Waals surface area contributed by atoms with Crippen LogP contribution < -0.4 is 10.6 Å². The molecule has 1 fully saturated rings. The summed E-state index contributed by atoms with van der Waals surface area (Å²) in [5.41, 5.74) is 6.53. The zero-order valence-corrected chi connectivity index (χ0v) is 9.71. The highest BCUT2D eigenvalue weighted by molar-refractivity contribution is 9.10. The summed E-state index contributed by atoms with van der Waals surface area (Å²) in [6.07, 6.45) is 2.46. The number of aryl methyl sites for hydroxylation is 1. The molecule has 0 bridgehead atoms. The van der Waals surface area contributed by atoms with Gasteiger partial charge in [-0.1, -0.05) is 0 Å². The summed E-state index contributed by atoms with van der Waals surface area (Å²) in [6, 6.07) is 0. The van der Waals surface area contributed by atoms with Gasteiger partial charge in [-0.25, -0.2) is 4.98 Å². The summed E-state index contributed by atoms with van der Waals surface area (Å²) in [7, 11) is 0. The number of anilines is 2. The lowest BCUT2D eigenvalue weighted by atomic mass is 10.4. The van der Waals surface area contributed by atoms with Crippen molar-refractivity contribution in [1.29, 1.82) is 0 Å². The molecule has 0 atom stereocenters. The molecule has 1 aliphatic heterocycles. The van der Waals surface area contributed by atoms with Gasteiger partial charge in [-0.3, -0.25) is 0 Å². The summed E-state index contributed by atoms with van der Waals surface area (Å²) >= 11 is 3.50. The first-order chi connectivity index (χ1) is 6.68. The zero-order chi connectivity index (χ0) is 10.1. The van der Waals surface area contributed by atoms with Crippen LogP contribution in [0.25, 0.3) is 0 Å². The maximum Gasteiger partial charge on any atom is 0.222 e. The van der Waals surface area contributed by atoms with E-state index in [1.54, 1.807) is 0 Å². The van der Waals surface area contributed by atoms with Crippen molar-refractivity contribution in [2.24, 2.45) is 0 Å². The van der Waals surface area contributed by atoms with Crippen LogP contribution in [0.4, 0.5) is 11.8 Å². The molecule has 1 aromatic heterocycles. The molecule has 14 heavy (non-hydrogen) atoms. The molecule has 4 nitrogen and oxygen atoms in total. The number of hydrogen-bond acceptors (Lipinski definition) is 4. The highest BCUT2D eigenvalue weighted by atomic mass is 79.9. The van der Waals surface area contributed by atoms with E-state index in [1.165, 1.54) is 12.8 Å². The SMILES string of the molecule is Cc1nc(N)nc(N2CCCC2)c1Br. The molecule has 0 radical (unpaired) electrons. The van der Waals surface area contributed by atoms with E-state index in [2.05, 4.69) is 30.8 Å². The van der Waals surface area contributed by atoms with Crippen LogP contribution in [-0.2, 0) is 0 Å². The molecule has 5 heteroatoms. The van der Waals surface area contributed by atoms with Gasteiger partial charge in [0.1, 0.15) is 5.82 Å². The second kappa shape index (κ2) is 3.73. The Morgan fingerprint density at radius 2 is 1.93 bits per heavy atom. The Labute approximate surface area is 91.7 Å². The lowest BCUT2D eigenvalue weighted by molar-refractivity contribution is 0.917. The normalized spacial score (nSPS) is 16.3. The van der Waals surface area contributed by atoms with E-state index in [0.717, 1.165) is 29.1 Å². The predicted molar refractivity (Wildman–Crippen MR) is 60.3 cm³/mol. The van der Waals surface area contributed by atoms with E-state index in [-0.39, 0.29) is 0 Å². The molecule has 0 aliphatic carbocycles. The first-order valence-corrected chi connectivity index (χ1v) is 5.52. The maximum atomic E-state index is 5.63. The number of hydrogen-bond donors (Lipinski definition) is 1. The van der Waals surface area contributed by atoms with Crippen LogP contribution in [0, 0.1) is 6.92 Å². The van der Waals surface area contributed by atoms with Crippen LogP contribution in [0.15, 0.2) is 4.47 Å². The van der Waals surface area contributed by atoms with E-state index in [1.807, 2.05) is 6.92 Å². The smallest absolute Gasteiger partial charge is 0.222 e. The molecule has 0 amide bonds. The van der Waals surface area contributed by atoms with Crippen molar-refractivity contribution in [1.82, 2.24) is 9.97 Å². The molecule has 0 unspecified atom stereocenters. The van der Waals surface area contributed by atoms with E-state index in [4.69, 9.17) is 5.73 Å². The summed E-state index contributed by atoms with van der Waals surface area (Å²) in [4.78, 5) is 10.6. The third kappa shape index (κ3) is 1.68. The van der Waals surface area contributed by atoms with Crippen LogP contribution >= 0.6 is 15.9 Å². The van der Waals surface area contributed by atoms with Gasteiger partial charge in [0.15, 0.2) is 0 Å². The fraction of sp³-hybridized carbons (Fsp3) is 0.556. The van der Waals surface area contributed by atoms with Gasteiger partial charge in [-0.15, -0.1) is 0 Å². The van der Waals surface area contributed by atoms with Gasteiger partial charge in [-0.2, -0.15) is 4.98 Å². The van der Waals surface area contributed by atoms with E-state index >= 15 is 0 Å². The largest absolute Gasteiger partial charge is 0.368 e. The Morgan fingerprint density at radius 1 is 1.29 bits per heavy atom. The van der Waals surface area contributed by atoms with Gasteiger partial charge in [0, 0.05) is 13.1 Å². The van der Waals surface area contributed by atoms with Crippen LogP contribution in [0.2, 0.25) is 0 Å². The lowest BCUT2D eigenvalue weighted by Crippen LogP contribution is -2.20. The number of nitrogens with two attached hydrogens (primary N) is 1. The first-order valence-electron chi connectivity index (χ1n) is 4.73. The highest BCUT2D eigenvalue weighted by Gasteiger charge is 2.18.